The Morgan fingerprint density at radius 3 is 2.82 bits per heavy atom. The van der Waals surface area contributed by atoms with Gasteiger partial charge in [0, 0.05) is 16.6 Å². The van der Waals surface area contributed by atoms with Crippen molar-refractivity contribution in [1.82, 2.24) is 0 Å². The molecule has 5 atom stereocenters. The molecule has 0 amide bonds. The summed E-state index contributed by atoms with van der Waals surface area (Å²) in [5.41, 5.74) is 0. The van der Waals surface area contributed by atoms with Crippen LogP contribution in [0.25, 0.3) is 0 Å². The fourth-order valence-electron chi connectivity index (χ4n) is 2.10. The van der Waals surface area contributed by atoms with E-state index in [1.54, 1.807) is 6.08 Å². The summed E-state index contributed by atoms with van der Waals surface area (Å²) in [4.78, 5) is 14.7. The van der Waals surface area contributed by atoms with Gasteiger partial charge in [-0.1, -0.05) is 6.08 Å². The predicted octanol–water partition coefficient (Wildman–Crippen LogP) is -0.336. The molecule has 96 valence electrons. The van der Waals surface area contributed by atoms with Crippen LogP contribution in [0.2, 0.25) is 0 Å². The fraction of sp³-hybridized carbons (Fsp3) is 0.778. The summed E-state index contributed by atoms with van der Waals surface area (Å²) in [5.74, 6) is 0.362. The number of fused-ring (bicyclic) bond motifs is 1. The smallest absolute Gasteiger partial charge is 0.294 e. The molecule has 5 unspecified atom stereocenters. The van der Waals surface area contributed by atoms with Crippen LogP contribution in [0, 0.1) is 10.1 Å². The molecule has 0 aromatic rings. The van der Waals surface area contributed by atoms with Crippen LogP contribution < -0.4 is 0 Å². The van der Waals surface area contributed by atoms with Gasteiger partial charge in [0.2, 0.25) is 0 Å². The average molecular weight is 263 g/mol. The maximum Gasteiger partial charge on any atom is 0.294 e. The van der Waals surface area contributed by atoms with E-state index < -0.39 is 28.1 Å². The Kier molecular flexibility index (Phi) is 3.75. The van der Waals surface area contributed by atoms with Crippen molar-refractivity contribution in [3.05, 3.63) is 22.8 Å². The number of hydrogen-bond donors (Lipinski definition) is 0. The highest BCUT2D eigenvalue weighted by Crippen LogP contribution is 2.31. The summed E-state index contributed by atoms with van der Waals surface area (Å²) in [6, 6.07) is 0. The van der Waals surface area contributed by atoms with Gasteiger partial charge in [0.25, 0.3) is 5.09 Å². The molecule has 7 nitrogen and oxygen atoms in total. The molecule has 0 N–H and O–H groups in total. The highest BCUT2D eigenvalue weighted by atomic mass is 32.2. The van der Waals surface area contributed by atoms with Crippen molar-refractivity contribution in [2.45, 2.75) is 23.6 Å². The Bertz CT molecular complexity index is 348. The topological polar surface area (TPSA) is 87.9 Å². The van der Waals surface area contributed by atoms with Gasteiger partial charge in [0.1, 0.15) is 12.2 Å². The van der Waals surface area contributed by atoms with E-state index in [0.717, 1.165) is 0 Å². The summed E-state index contributed by atoms with van der Waals surface area (Å²) in [6.45, 7) is 3.89. The molecule has 0 spiro atoms. The first-order chi connectivity index (χ1) is 8.13. The van der Waals surface area contributed by atoms with Gasteiger partial charge in [-0.05, 0) is 0 Å². The van der Waals surface area contributed by atoms with E-state index >= 15 is 0 Å². The first-order valence-corrected chi connectivity index (χ1v) is 6.54. The van der Waals surface area contributed by atoms with Crippen molar-refractivity contribution in [3.63, 3.8) is 0 Å². The van der Waals surface area contributed by atoms with E-state index in [9.17, 15) is 14.3 Å². The van der Waals surface area contributed by atoms with Crippen molar-refractivity contribution in [2.75, 3.05) is 19.0 Å². The van der Waals surface area contributed by atoms with Crippen molar-refractivity contribution in [1.29, 1.82) is 0 Å². The quantitative estimate of drug-likeness (QED) is 0.383. The van der Waals surface area contributed by atoms with Crippen LogP contribution in [0.4, 0.5) is 0 Å². The molecule has 0 bridgehead atoms. The third kappa shape index (κ3) is 2.48. The van der Waals surface area contributed by atoms with Gasteiger partial charge in [-0.2, -0.15) is 0 Å². The molecule has 2 fully saturated rings. The minimum absolute atomic E-state index is 0.0953. The largest absolute Gasteiger partial charge is 0.372 e. The molecule has 0 radical (unpaired) electrons. The van der Waals surface area contributed by atoms with Gasteiger partial charge >= 0.3 is 0 Å². The van der Waals surface area contributed by atoms with E-state index in [1.165, 1.54) is 0 Å². The van der Waals surface area contributed by atoms with Crippen LogP contribution in [-0.2, 0) is 25.1 Å². The zero-order valence-corrected chi connectivity index (χ0v) is 9.84. The summed E-state index contributed by atoms with van der Waals surface area (Å²) in [6.07, 6.45) is -0.0377. The number of ether oxygens (including phenoxy) is 2. The fourth-order valence-corrected chi connectivity index (χ4v) is 3.34. The molecule has 2 saturated heterocycles. The highest BCUT2D eigenvalue weighted by Gasteiger charge is 2.51. The van der Waals surface area contributed by atoms with Crippen LogP contribution in [-0.4, -0.2) is 51.8 Å². The monoisotopic (exact) mass is 263 g/mol. The zero-order valence-electron chi connectivity index (χ0n) is 9.02. The summed E-state index contributed by atoms with van der Waals surface area (Å²) in [5, 5.41) is 9.14. The van der Waals surface area contributed by atoms with Gasteiger partial charge in [-0.15, -0.1) is 16.7 Å². The van der Waals surface area contributed by atoms with Gasteiger partial charge < -0.3 is 14.3 Å². The Hall–Kier alpha value is -0.990. The van der Waals surface area contributed by atoms with Gasteiger partial charge in [-0.3, -0.25) is 4.21 Å². The molecule has 17 heavy (non-hydrogen) atoms. The first-order valence-electron chi connectivity index (χ1n) is 5.16. The maximum atomic E-state index is 11.8. The van der Waals surface area contributed by atoms with Crippen molar-refractivity contribution >= 4 is 10.8 Å². The normalized spacial score (nSPS) is 37.4. The molecular formula is C9H13NO6S. The Labute approximate surface area is 100 Å². The van der Waals surface area contributed by atoms with E-state index in [1.807, 2.05) is 0 Å². The molecule has 0 aliphatic carbocycles. The summed E-state index contributed by atoms with van der Waals surface area (Å²) in [7, 11) is -1.13. The van der Waals surface area contributed by atoms with Crippen LogP contribution in [0.1, 0.15) is 0 Å². The Balaban J connectivity index is 1.99. The van der Waals surface area contributed by atoms with E-state index in [-0.39, 0.29) is 24.6 Å². The van der Waals surface area contributed by atoms with Crippen LogP contribution in [0.15, 0.2) is 12.7 Å². The summed E-state index contributed by atoms with van der Waals surface area (Å²) < 4.78 is 22.6. The molecule has 0 aromatic carbocycles. The molecule has 2 heterocycles. The Morgan fingerprint density at radius 1 is 1.47 bits per heavy atom. The van der Waals surface area contributed by atoms with E-state index in [0.29, 0.717) is 5.75 Å². The standard InChI is InChI=1S/C9H13NO6S/c1-2-3-17(13)7-5-15-8-6(16-10(11)12)4-14-9(7)8/h2,6-9H,1,3-5H2. The lowest BCUT2D eigenvalue weighted by molar-refractivity contribution is -0.769. The first kappa shape index (κ1) is 12.5. The lowest BCUT2D eigenvalue weighted by Crippen LogP contribution is -2.36. The number of rotatable bonds is 5. The van der Waals surface area contributed by atoms with Crippen LogP contribution in [0.5, 0.6) is 0 Å². The zero-order chi connectivity index (χ0) is 12.4. The van der Waals surface area contributed by atoms with Gasteiger partial charge in [0.05, 0.1) is 18.5 Å². The molecule has 2 aliphatic rings. The average Bonchev–Trinajstić information content (AvgIpc) is 2.80. The minimum Gasteiger partial charge on any atom is -0.372 e. The predicted molar refractivity (Wildman–Crippen MR) is 58.3 cm³/mol. The van der Waals surface area contributed by atoms with Crippen molar-refractivity contribution in [3.8, 4) is 0 Å². The Morgan fingerprint density at radius 2 is 2.18 bits per heavy atom. The second kappa shape index (κ2) is 5.11. The minimum atomic E-state index is -1.13. The molecular weight excluding hydrogens is 250 g/mol. The maximum absolute atomic E-state index is 11.8. The second-order valence-electron chi connectivity index (χ2n) is 3.84. The molecule has 0 aromatic heterocycles. The van der Waals surface area contributed by atoms with E-state index in [4.69, 9.17) is 9.47 Å². The third-order valence-corrected chi connectivity index (χ3v) is 4.45. The number of nitrogens with zero attached hydrogens (tertiary/aromatic N) is 1. The highest BCUT2D eigenvalue weighted by molar-refractivity contribution is 7.85. The SMILES string of the molecule is C=CCS(=O)C1COC2C(O[N+](=O)[O-])COC21. The van der Waals surface area contributed by atoms with Gasteiger partial charge in [0.15, 0.2) is 6.10 Å². The molecule has 2 aliphatic heterocycles. The molecule has 2 rings (SSSR count). The van der Waals surface area contributed by atoms with Gasteiger partial charge in [-0.25, -0.2) is 0 Å². The molecule has 0 saturated carbocycles. The molecule has 8 heteroatoms. The third-order valence-electron chi connectivity index (χ3n) is 2.80. The van der Waals surface area contributed by atoms with Crippen LogP contribution in [0.3, 0.4) is 0 Å². The number of hydrogen-bond acceptors (Lipinski definition) is 6. The summed E-state index contributed by atoms with van der Waals surface area (Å²) >= 11 is 0. The van der Waals surface area contributed by atoms with Crippen molar-refractivity contribution < 1.29 is 23.6 Å². The lowest BCUT2D eigenvalue weighted by Gasteiger charge is -2.14. The van der Waals surface area contributed by atoms with Crippen molar-refractivity contribution in [2.24, 2.45) is 0 Å². The van der Waals surface area contributed by atoms with Crippen LogP contribution >= 0.6 is 0 Å². The lowest BCUT2D eigenvalue weighted by atomic mass is 10.1. The van der Waals surface area contributed by atoms with E-state index in [2.05, 4.69) is 11.4 Å². The second-order valence-corrected chi connectivity index (χ2v) is 5.54.